The van der Waals surface area contributed by atoms with Crippen molar-refractivity contribution in [1.29, 1.82) is 0 Å². The molecule has 1 unspecified atom stereocenters. The number of esters is 2. The lowest BCUT2D eigenvalue weighted by Crippen LogP contribution is -2.28. The third-order valence-corrected chi connectivity index (χ3v) is 16.8. The van der Waals surface area contributed by atoms with Gasteiger partial charge in [0.05, 0.1) is 6.61 Å². The molecule has 0 aromatic carbocycles. The van der Waals surface area contributed by atoms with Gasteiger partial charge >= 0.3 is 11.9 Å². The number of unbranched alkanes of at least 4 members (excludes halogenated alkanes) is 51. The lowest BCUT2D eigenvalue weighted by atomic mass is 10.0. The van der Waals surface area contributed by atoms with Crippen molar-refractivity contribution in [1.82, 2.24) is 0 Å². The van der Waals surface area contributed by atoms with E-state index in [4.69, 9.17) is 9.47 Å². The normalized spacial score (nSPS) is 12.5. The first-order valence-corrected chi connectivity index (χ1v) is 36.8. The minimum Gasteiger partial charge on any atom is -0.462 e. The molecular weight excluding hydrogens is 1000 g/mol. The Morgan fingerprint density at radius 3 is 0.805 bits per heavy atom. The second kappa shape index (κ2) is 72.9. The highest BCUT2D eigenvalue weighted by molar-refractivity contribution is 5.70. The summed E-state index contributed by atoms with van der Waals surface area (Å²) in [6.07, 6.45) is 100. The molecule has 0 fully saturated rings. The Morgan fingerprint density at radius 2 is 0.524 bits per heavy atom. The fraction of sp³-hybridized carbons (Fsp3) is 0.844. The molecule has 0 heterocycles. The van der Waals surface area contributed by atoms with Gasteiger partial charge in [-0.1, -0.05) is 370 Å². The maximum atomic E-state index is 12.4. The first-order valence-electron chi connectivity index (χ1n) is 36.8. The van der Waals surface area contributed by atoms with E-state index in [0.717, 1.165) is 64.2 Å². The zero-order valence-electron chi connectivity index (χ0n) is 55.3. The summed E-state index contributed by atoms with van der Waals surface area (Å²) < 4.78 is 10.8. The van der Waals surface area contributed by atoms with Crippen LogP contribution in [0.25, 0.3) is 0 Å². The van der Waals surface area contributed by atoms with E-state index in [-0.39, 0.29) is 25.2 Å². The van der Waals surface area contributed by atoms with Gasteiger partial charge in [0, 0.05) is 12.8 Å². The predicted molar refractivity (Wildman–Crippen MR) is 362 cm³/mol. The number of allylic oxidation sites excluding steroid dienone is 10. The summed E-state index contributed by atoms with van der Waals surface area (Å²) in [5, 5.41) is 9.71. The van der Waals surface area contributed by atoms with Crippen LogP contribution in [-0.2, 0) is 19.1 Å². The Balaban J connectivity index is 3.37. The van der Waals surface area contributed by atoms with Crippen LogP contribution in [0.5, 0.6) is 0 Å². The fourth-order valence-corrected chi connectivity index (χ4v) is 11.3. The van der Waals surface area contributed by atoms with E-state index in [1.54, 1.807) is 0 Å². The Labute approximate surface area is 512 Å². The van der Waals surface area contributed by atoms with Crippen molar-refractivity contribution in [2.24, 2.45) is 0 Å². The van der Waals surface area contributed by atoms with Gasteiger partial charge in [0.1, 0.15) is 6.61 Å². The SMILES string of the molecule is CC/C=C\C/C=C\C/C=C\C/C=C\CCCCCCCCCCCCCCCCC(=O)OC(CO)COC(=O)CCCCCCCCCCCCCCCCCCCCCCCCCCCCCCC/C=C\CCCCCCCCCC. The Bertz CT molecular complexity index is 1390. The van der Waals surface area contributed by atoms with Gasteiger partial charge in [-0.05, 0) is 77.0 Å². The maximum Gasteiger partial charge on any atom is 0.306 e. The minimum absolute atomic E-state index is 0.0622. The van der Waals surface area contributed by atoms with Crippen molar-refractivity contribution in [3.63, 3.8) is 0 Å². The van der Waals surface area contributed by atoms with Gasteiger partial charge in [0.2, 0.25) is 0 Å². The molecule has 0 saturated carbocycles. The Hall–Kier alpha value is -2.40. The topological polar surface area (TPSA) is 72.8 Å². The molecule has 5 heteroatoms. The molecule has 1 N–H and O–H groups in total. The maximum absolute atomic E-state index is 12.4. The first kappa shape index (κ1) is 79.6. The molecule has 0 saturated heterocycles. The van der Waals surface area contributed by atoms with Crippen LogP contribution < -0.4 is 0 Å². The van der Waals surface area contributed by atoms with Crippen LogP contribution in [0, 0.1) is 0 Å². The van der Waals surface area contributed by atoms with Crippen molar-refractivity contribution in [3.8, 4) is 0 Å². The van der Waals surface area contributed by atoms with E-state index in [2.05, 4.69) is 74.6 Å². The molecule has 480 valence electrons. The van der Waals surface area contributed by atoms with Gasteiger partial charge in [-0.3, -0.25) is 9.59 Å². The van der Waals surface area contributed by atoms with Crippen LogP contribution in [0.1, 0.15) is 399 Å². The fourth-order valence-electron chi connectivity index (χ4n) is 11.3. The Morgan fingerprint density at radius 1 is 0.293 bits per heavy atom. The largest absolute Gasteiger partial charge is 0.462 e. The number of rotatable bonds is 69. The van der Waals surface area contributed by atoms with Gasteiger partial charge in [-0.25, -0.2) is 0 Å². The molecule has 82 heavy (non-hydrogen) atoms. The molecular formula is C77H142O5. The second-order valence-electron chi connectivity index (χ2n) is 25.0. The second-order valence-corrected chi connectivity index (χ2v) is 25.0. The number of aliphatic hydroxyl groups is 1. The van der Waals surface area contributed by atoms with Crippen molar-refractivity contribution in [2.75, 3.05) is 13.2 Å². The average molecular weight is 1150 g/mol. The number of hydrogen-bond donors (Lipinski definition) is 1. The van der Waals surface area contributed by atoms with E-state index in [0.29, 0.717) is 12.8 Å². The van der Waals surface area contributed by atoms with E-state index < -0.39 is 6.10 Å². The summed E-state index contributed by atoms with van der Waals surface area (Å²) in [6.45, 7) is 4.08. The first-order chi connectivity index (χ1) is 40.6. The zero-order chi connectivity index (χ0) is 59.1. The van der Waals surface area contributed by atoms with Crippen LogP contribution in [0.3, 0.4) is 0 Å². The smallest absolute Gasteiger partial charge is 0.306 e. The minimum atomic E-state index is -0.773. The number of carbonyl (C=O) groups is 2. The molecule has 0 spiro atoms. The molecule has 0 aromatic rings. The number of aliphatic hydroxyl groups excluding tert-OH is 1. The summed E-state index contributed by atoms with van der Waals surface area (Å²) in [5.41, 5.74) is 0. The van der Waals surface area contributed by atoms with Gasteiger partial charge < -0.3 is 14.6 Å². The molecule has 0 aliphatic rings. The molecule has 0 aliphatic heterocycles. The summed E-state index contributed by atoms with van der Waals surface area (Å²) in [5.74, 6) is -0.572. The molecule has 0 aliphatic carbocycles. The highest BCUT2D eigenvalue weighted by Crippen LogP contribution is 2.19. The molecule has 0 radical (unpaired) electrons. The molecule has 0 aromatic heterocycles. The lowest BCUT2D eigenvalue weighted by Gasteiger charge is -2.15. The third kappa shape index (κ3) is 70.1. The summed E-state index contributed by atoms with van der Waals surface area (Å²) >= 11 is 0. The van der Waals surface area contributed by atoms with Crippen molar-refractivity contribution < 1.29 is 24.2 Å². The Kier molecular flexibility index (Phi) is 70.7. The van der Waals surface area contributed by atoms with E-state index in [1.165, 1.54) is 308 Å². The van der Waals surface area contributed by atoms with Crippen molar-refractivity contribution in [2.45, 2.75) is 405 Å². The quantitative estimate of drug-likeness (QED) is 0.0373. The van der Waals surface area contributed by atoms with E-state index in [1.807, 2.05) is 0 Å². The monoisotopic (exact) mass is 1150 g/mol. The number of hydrogen-bond acceptors (Lipinski definition) is 5. The highest BCUT2D eigenvalue weighted by atomic mass is 16.6. The molecule has 0 rings (SSSR count). The summed E-state index contributed by atoms with van der Waals surface area (Å²) in [6, 6.07) is 0. The predicted octanol–water partition coefficient (Wildman–Crippen LogP) is 25.7. The van der Waals surface area contributed by atoms with Crippen LogP contribution in [0.4, 0.5) is 0 Å². The molecule has 0 bridgehead atoms. The van der Waals surface area contributed by atoms with Gasteiger partial charge in [0.25, 0.3) is 0 Å². The summed E-state index contributed by atoms with van der Waals surface area (Å²) in [4.78, 5) is 24.7. The van der Waals surface area contributed by atoms with E-state index >= 15 is 0 Å². The van der Waals surface area contributed by atoms with Crippen LogP contribution in [0.2, 0.25) is 0 Å². The molecule has 1 atom stereocenters. The highest BCUT2D eigenvalue weighted by Gasteiger charge is 2.16. The van der Waals surface area contributed by atoms with Crippen LogP contribution in [-0.4, -0.2) is 36.4 Å². The summed E-state index contributed by atoms with van der Waals surface area (Å²) in [7, 11) is 0. The number of carbonyl (C=O) groups excluding carboxylic acids is 2. The average Bonchev–Trinajstić information content (AvgIpc) is 3.49. The van der Waals surface area contributed by atoms with Crippen LogP contribution >= 0.6 is 0 Å². The van der Waals surface area contributed by atoms with Crippen molar-refractivity contribution >= 4 is 11.9 Å². The van der Waals surface area contributed by atoms with Crippen molar-refractivity contribution in [3.05, 3.63) is 60.8 Å². The third-order valence-electron chi connectivity index (χ3n) is 16.8. The molecule has 0 amide bonds. The molecule has 5 nitrogen and oxygen atoms in total. The van der Waals surface area contributed by atoms with E-state index in [9.17, 15) is 14.7 Å². The standard InChI is InChI=1S/C77H142O5/c1-3-5-7-9-11-13-15-17-19-21-23-25-27-29-31-32-33-34-35-36-37-38-39-40-41-42-43-44-46-47-49-51-53-55-57-59-61-63-65-67-69-71-76(79)81-74-75(73-78)82-77(80)72-70-68-66-64-62-60-58-56-54-52-50-48-45-30-28-26-24-22-20-18-16-14-12-10-8-6-4-2/h6,8,12,14,18,20-21,23-24,26,75,78H,3-5,7,9-11,13,15-17,19,22,25,27-74H2,1-2H3/b8-6-,14-12-,20-18-,23-21-,26-24-. The van der Waals surface area contributed by atoms with Gasteiger partial charge in [-0.2, -0.15) is 0 Å². The zero-order valence-corrected chi connectivity index (χ0v) is 55.3. The van der Waals surface area contributed by atoms with Gasteiger partial charge in [-0.15, -0.1) is 0 Å². The van der Waals surface area contributed by atoms with Crippen LogP contribution in [0.15, 0.2) is 60.8 Å². The number of ether oxygens (including phenoxy) is 2. The van der Waals surface area contributed by atoms with Gasteiger partial charge in [0.15, 0.2) is 6.10 Å². The lowest BCUT2D eigenvalue weighted by molar-refractivity contribution is -0.161.